The van der Waals surface area contributed by atoms with E-state index < -0.39 is 12.0 Å². The second-order valence-electron chi connectivity index (χ2n) is 4.75. The Balaban J connectivity index is 2.17. The molecule has 1 aromatic rings. The largest absolute Gasteiger partial charge is 0.480 e. The molecule has 6 heteroatoms. The maximum absolute atomic E-state index is 12.3. The lowest BCUT2D eigenvalue weighted by Gasteiger charge is -2.36. The van der Waals surface area contributed by atoms with Crippen LogP contribution in [-0.4, -0.2) is 34.5 Å². The summed E-state index contributed by atoms with van der Waals surface area (Å²) in [7, 11) is 0. The number of piperidine rings is 1. The topological polar surface area (TPSA) is 70.8 Å². The van der Waals surface area contributed by atoms with Crippen molar-refractivity contribution in [2.24, 2.45) is 5.92 Å². The Hall–Kier alpha value is -1.30. The summed E-state index contributed by atoms with van der Waals surface area (Å²) in [5.74, 6) is -0.758. The van der Waals surface area contributed by atoms with Crippen LogP contribution in [0, 0.1) is 5.92 Å². The van der Waals surface area contributed by atoms with Crippen molar-refractivity contribution in [2.45, 2.75) is 32.2 Å². The highest BCUT2D eigenvalue weighted by molar-refractivity contribution is 9.10. The number of carboxylic acids is 1. The molecule has 1 amide bonds. The molecule has 1 saturated heterocycles. The standard InChI is InChI=1S/C13H16BrNO4/c1-2-8-5-6-15(9(7-8)13(17)18)12(16)10-3-4-11(14)19-10/h3-4,8-9H,2,5-7H2,1H3,(H,17,18). The van der Waals surface area contributed by atoms with Gasteiger partial charge in [0.1, 0.15) is 6.04 Å². The van der Waals surface area contributed by atoms with Crippen molar-refractivity contribution in [3.63, 3.8) is 0 Å². The molecule has 0 radical (unpaired) electrons. The minimum atomic E-state index is -0.947. The van der Waals surface area contributed by atoms with Gasteiger partial charge in [-0.2, -0.15) is 0 Å². The molecule has 19 heavy (non-hydrogen) atoms. The van der Waals surface area contributed by atoms with Crippen molar-refractivity contribution in [3.8, 4) is 0 Å². The molecule has 1 N–H and O–H groups in total. The summed E-state index contributed by atoms with van der Waals surface area (Å²) < 4.78 is 5.68. The number of hydrogen-bond donors (Lipinski definition) is 1. The fourth-order valence-electron chi connectivity index (χ4n) is 2.46. The van der Waals surface area contributed by atoms with E-state index in [0.717, 1.165) is 12.8 Å². The maximum Gasteiger partial charge on any atom is 0.326 e. The fourth-order valence-corrected chi connectivity index (χ4v) is 2.76. The summed E-state index contributed by atoms with van der Waals surface area (Å²) in [6.07, 6.45) is 2.30. The van der Waals surface area contributed by atoms with Crippen LogP contribution in [0.1, 0.15) is 36.7 Å². The van der Waals surface area contributed by atoms with E-state index in [4.69, 9.17) is 4.42 Å². The zero-order chi connectivity index (χ0) is 14.0. The van der Waals surface area contributed by atoms with E-state index in [-0.39, 0.29) is 11.7 Å². The number of carbonyl (C=O) groups is 2. The lowest BCUT2D eigenvalue weighted by Crippen LogP contribution is -2.50. The van der Waals surface area contributed by atoms with Gasteiger partial charge in [0, 0.05) is 6.54 Å². The molecule has 2 heterocycles. The van der Waals surface area contributed by atoms with Crippen LogP contribution < -0.4 is 0 Å². The van der Waals surface area contributed by atoms with Gasteiger partial charge in [0.2, 0.25) is 0 Å². The van der Waals surface area contributed by atoms with Gasteiger partial charge >= 0.3 is 5.97 Å². The molecule has 1 aromatic heterocycles. The SMILES string of the molecule is CCC1CCN(C(=O)c2ccc(Br)o2)C(C(=O)O)C1. The van der Waals surface area contributed by atoms with Gasteiger partial charge in [0.25, 0.3) is 5.91 Å². The minimum Gasteiger partial charge on any atom is -0.480 e. The van der Waals surface area contributed by atoms with E-state index in [0.29, 0.717) is 23.6 Å². The summed E-state index contributed by atoms with van der Waals surface area (Å²) in [5.41, 5.74) is 0. The van der Waals surface area contributed by atoms with Crippen LogP contribution in [0.15, 0.2) is 21.2 Å². The summed E-state index contributed by atoms with van der Waals surface area (Å²) in [4.78, 5) is 25.0. The van der Waals surface area contributed by atoms with Gasteiger partial charge in [0.05, 0.1) is 0 Å². The molecule has 104 valence electrons. The molecule has 0 spiro atoms. The summed E-state index contributed by atoms with van der Waals surface area (Å²) >= 11 is 3.14. The van der Waals surface area contributed by atoms with E-state index >= 15 is 0 Å². The zero-order valence-corrected chi connectivity index (χ0v) is 12.2. The van der Waals surface area contributed by atoms with Crippen molar-refractivity contribution in [1.29, 1.82) is 0 Å². The number of rotatable bonds is 3. The summed E-state index contributed by atoms with van der Waals surface area (Å²) in [6.45, 7) is 2.51. The maximum atomic E-state index is 12.3. The number of furan rings is 1. The first-order valence-corrected chi connectivity index (χ1v) is 7.11. The number of nitrogens with zero attached hydrogens (tertiary/aromatic N) is 1. The number of aliphatic carboxylic acids is 1. The average Bonchev–Trinajstić information content (AvgIpc) is 2.83. The normalized spacial score (nSPS) is 23.4. The van der Waals surface area contributed by atoms with E-state index in [9.17, 15) is 14.7 Å². The van der Waals surface area contributed by atoms with Crippen LogP contribution in [0.4, 0.5) is 0 Å². The third kappa shape index (κ3) is 3.00. The molecule has 1 aliphatic rings. The second kappa shape index (κ2) is 5.77. The monoisotopic (exact) mass is 329 g/mol. The van der Waals surface area contributed by atoms with Gasteiger partial charge in [0.15, 0.2) is 10.4 Å². The van der Waals surface area contributed by atoms with Crippen molar-refractivity contribution < 1.29 is 19.1 Å². The van der Waals surface area contributed by atoms with Crippen LogP contribution in [0.2, 0.25) is 0 Å². The Morgan fingerprint density at radius 2 is 2.26 bits per heavy atom. The molecular formula is C13H16BrNO4. The predicted octanol–water partition coefficient (Wildman–Crippen LogP) is 2.76. The molecule has 0 aliphatic carbocycles. The lowest BCUT2D eigenvalue weighted by molar-refractivity contribution is -0.144. The molecule has 1 aliphatic heterocycles. The first kappa shape index (κ1) is 14.1. The highest BCUT2D eigenvalue weighted by Gasteiger charge is 2.36. The Kier molecular flexibility index (Phi) is 4.29. The predicted molar refractivity (Wildman–Crippen MR) is 71.9 cm³/mol. The smallest absolute Gasteiger partial charge is 0.326 e. The number of hydrogen-bond acceptors (Lipinski definition) is 3. The van der Waals surface area contributed by atoms with Crippen LogP contribution in [0.5, 0.6) is 0 Å². The molecule has 2 unspecified atom stereocenters. The third-order valence-electron chi connectivity index (χ3n) is 3.62. The Labute approximate surface area is 119 Å². The Bertz CT molecular complexity index is 485. The van der Waals surface area contributed by atoms with Crippen molar-refractivity contribution in [1.82, 2.24) is 4.90 Å². The quantitative estimate of drug-likeness (QED) is 0.925. The minimum absolute atomic E-state index is 0.174. The van der Waals surface area contributed by atoms with Crippen molar-refractivity contribution in [3.05, 3.63) is 22.6 Å². The molecule has 2 atom stereocenters. The van der Waals surface area contributed by atoms with E-state index in [1.165, 1.54) is 4.90 Å². The van der Waals surface area contributed by atoms with Crippen LogP contribution in [0.25, 0.3) is 0 Å². The molecular weight excluding hydrogens is 314 g/mol. The Morgan fingerprint density at radius 1 is 1.53 bits per heavy atom. The molecule has 1 fully saturated rings. The number of carboxylic acid groups (broad SMARTS) is 1. The van der Waals surface area contributed by atoms with Gasteiger partial charge in [-0.25, -0.2) is 4.79 Å². The van der Waals surface area contributed by atoms with Gasteiger partial charge in [-0.15, -0.1) is 0 Å². The third-order valence-corrected chi connectivity index (χ3v) is 4.04. The van der Waals surface area contributed by atoms with Crippen LogP contribution in [-0.2, 0) is 4.79 Å². The van der Waals surface area contributed by atoms with Gasteiger partial charge in [-0.3, -0.25) is 4.79 Å². The number of amides is 1. The highest BCUT2D eigenvalue weighted by atomic mass is 79.9. The van der Waals surface area contributed by atoms with Gasteiger partial charge < -0.3 is 14.4 Å². The first-order chi connectivity index (χ1) is 9.02. The van der Waals surface area contributed by atoms with Crippen molar-refractivity contribution >= 4 is 27.8 Å². The molecule has 0 aromatic carbocycles. The van der Waals surface area contributed by atoms with E-state index in [1.54, 1.807) is 12.1 Å². The summed E-state index contributed by atoms with van der Waals surface area (Å²) in [5, 5.41) is 9.29. The van der Waals surface area contributed by atoms with Crippen LogP contribution in [0.3, 0.4) is 0 Å². The lowest BCUT2D eigenvalue weighted by atomic mass is 9.88. The van der Waals surface area contributed by atoms with Gasteiger partial charge in [-0.1, -0.05) is 13.3 Å². The molecule has 0 bridgehead atoms. The fraction of sp³-hybridized carbons (Fsp3) is 0.538. The first-order valence-electron chi connectivity index (χ1n) is 6.32. The number of halogens is 1. The van der Waals surface area contributed by atoms with Crippen LogP contribution >= 0.6 is 15.9 Å². The number of carbonyl (C=O) groups excluding carboxylic acids is 1. The highest BCUT2D eigenvalue weighted by Crippen LogP contribution is 2.27. The molecule has 5 nitrogen and oxygen atoms in total. The van der Waals surface area contributed by atoms with E-state index in [1.807, 2.05) is 6.92 Å². The second-order valence-corrected chi connectivity index (χ2v) is 5.54. The zero-order valence-electron chi connectivity index (χ0n) is 10.6. The molecule has 2 rings (SSSR count). The van der Waals surface area contributed by atoms with Gasteiger partial charge in [-0.05, 0) is 46.8 Å². The van der Waals surface area contributed by atoms with E-state index in [2.05, 4.69) is 15.9 Å². The molecule has 0 saturated carbocycles. The van der Waals surface area contributed by atoms with Crippen molar-refractivity contribution in [2.75, 3.05) is 6.54 Å². The average molecular weight is 330 g/mol. The number of likely N-dealkylation sites (tertiary alicyclic amines) is 1. The Morgan fingerprint density at radius 3 is 2.79 bits per heavy atom. The summed E-state index contributed by atoms with van der Waals surface area (Å²) in [6, 6.07) is 2.43.